The number of ether oxygens (including phenoxy) is 1. The van der Waals surface area contributed by atoms with Crippen LogP contribution in [0.4, 0.5) is 0 Å². The Morgan fingerprint density at radius 1 is 1.32 bits per heavy atom. The van der Waals surface area contributed by atoms with Crippen LogP contribution in [0.1, 0.15) is 62.1 Å². The Morgan fingerprint density at radius 2 is 2.00 bits per heavy atom. The highest BCUT2D eigenvalue weighted by Crippen LogP contribution is 2.36. The quantitative estimate of drug-likeness (QED) is 0.733. The smallest absolute Gasteiger partial charge is 0.276 e. The number of hydrogen-bond donors (Lipinski definition) is 1. The van der Waals surface area contributed by atoms with Crippen LogP contribution in [0, 0.1) is 0 Å². The van der Waals surface area contributed by atoms with Crippen LogP contribution >= 0.6 is 11.5 Å². The van der Waals surface area contributed by atoms with Gasteiger partial charge in [0.15, 0.2) is 5.69 Å². The molecule has 0 radical (unpaired) electrons. The van der Waals surface area contributed by atoms with Crippen LogP contribution in [-0.2, 0) is 4.79 Å². The van der Waals surface area contributed by atoms with Crippen molar-refractivity contribution in [2.45, 2.75) is 57.7 Å². The summed E-state index contributed by atoms with van der Waals surface area (Å²) in [6.45, 7) is 5.97. The first kappa shape index (κ1) is 20.3. The van der Waals surface area contributed by atoms with Gasteiger partial charge in [0.25, 0.3) is 5.91 Å². The third-order valence-corrected chi connectivity index (χ3v) is 5.56. The van der Waals surface area contributed by atoms with E-state index in [2.05, 4.69) is 14.9 Å². The molecule has 0 saturated heterocycles. The summed E-state index contributed by atoms with van der Waals surface area (Å²) in [7, 11) is 1.60. The van der Waals surface area contributed by atoms with E-state index >= 15 is 0 Å². The Kier molecular flexibility index (Phi) is 5.98. The molecular formula is C20H26N4O3S. The van der Waals surface area contributed by atoms with Gasteiger partial charge in [-0.2, -0.15) is 0 Å². The number of benzene rings is 1. The molecule has 8 heteroatoms. The number of rotatable bonds is 8. The lowest BCUT2D eigenvalue weighted by atomic mass is 9.98. The highest BCUT2D eigenvalue weighted by molar-refractivity contribution is 7.03. The van der Waals surface area contributed by atoms with Crippen molar-refractivity contribution in [3.63, 3.8) is 0 Å². The van der Waals surface area contributed by atoms with Crippen molar-refractivity contribution in [1.82, 2.24) is 19.8 Å². The lowest BCUT2D eigenvalue weighted by Gasteiger charge is -2.34. The van der Waals surface area contributed by atoms with Gasteiger partial charge in [-0.15, -0.1) is 5.10 Å². The molecule has 0 aliphatic heterocycles. The average molecular weight is 403 g/mol. The molecule has 1 atom stereocenters. The molecule has 1 aliphatic carbocycles. The monoisotopic (exact) mass is 402 g/mol. The minimum absolute atomic E-state index is 0.0248. The molecule has 1 fully saturated rings. The molecule has 3 rings (SSSR count). The van der Waals surface area contributed by atoms with E-state index in [9.17, 15) is 9.59 Å². The number of carbonyl (C=O) groups is 2. The van der Waals surface area contributed by atoms with E-state index in [1.807, 2.05) is 32.9 Å². The average Bonchev–Trinajstić information content (AvgIpc) is 3.37. The van der Waals surface area contributed by atoms with Crippen molar-refractivity contribution in [3.8, 4) is 5.75 Å². The zero-order chi connectivity index (χ0) is 20.3. The van der Waals surface area contributed by atoms with E-state index in [1.165, 1.54) is 0 Å². The normalized spacial score (nSPS) is 15.0. The van der Waals surface area contributed by atoms with E-state index in [-0.39, 0.29) is 29.1 Å². The second-order valence-corrected chi connectivity index (χ2v) is 8.25. The summed E-state index contributed by atoms with van der Waals surface area (Å²) < 4.78 is 9.04. The molecule has 1 N–H and O–H groups in total. The number of nitrogens with one attached hydrogen (secondary N) is 1. The predicted molar refractivity (Wildman–Crippen MR) is 107 cm³/mol. The van der Waals surface area contributed by atoms with E-state index in [1.54, 1.807) is 29.5 Å². The second kappa shape index (κ2) is 8.26. The maximum absolute atomic E-state index is 13.4. The fourth-order valence-electron chi connectivity index (χ4n) is 2.95. The zero-order valence-electron chi connectivity index (χ0n) is 16.6. The third-order valence-electron chi connectivity index (χ3n) is 5.06. The number of carbonyl (C=O) groups excluding carboxylic acids is 2. The first-order valence-electron chi connectivity index (χ1n) is 9.42. The summed E-state index contributed by atoms with van der Waals surface area (Å²) in [5.74, 6) is 0.242. The highest BCUT2D eigenvalue weighted by atomic mass is 32.1. The molecule has 28 heavy (non-hydrogen) atoms. The molecule has 1 aromatic heterocycles. The first-order chi connectivity index (χ1) is 13.4. The topological polar surface area (TPSA) is 84.4 Å². The van der Waals surface area contributed by atoms with Gasteiger partial charge in [0.1, 0.15) is 11.8 Å². The van der Waals surface area contributed by atoms with Gasteiger partial charge in [-0.25, -0.2) is 0 Å². The van der Waals surface area contributed by atoms with E-state index in [0.717, 1.165) is 36.4 Å². The summed E-state index contributed by atoms with van der Waals surface area (Å²) in [6, 6.07) is 6.57. The fraction of sp³-hybridized carbons (Fsp3) is 0.500. The molecule has 0 bridgehead atoms. The molecule has 0 unspecified atom stereocenters. The van der Waals surface area contributed by atoms with Crippen LogP contribution in [-0.4, -0.2) is 45.0 Å². The van der Waals surface area contributed by atoms with Crippen LogP contribution in [0.25, 0.3) is 0 Å². The maximum Gasteiger partial charge on any atom is 0.276 e. The lowest BCUT2D eigenvalue weighted by Crippen LogP contribution is -2.51. The largest absolute Gasteiger partial charge is 0.497 e. The van der Waals surface area contributed by atoms with Gasteiger partial charge in [-0.1, -0.05) is 23.5 Å². The van der Waals surface area contributed by atoms with Gasteiger partial charge in [0.2, 0.25) is 5.91 Å². The molecule has 1 saturated carbocycles. The molecule has 150 valence electrons. The van der Waals surface area contributed by atoms with Gasteiger partial charge in [-0.3, -0.25) is 9.59 Å². The molecular weight excluding hydrogens is 376 g/mol. The SMILES string of the molecule is CCC(C)(C)NC(=O)[C@H](c1ccc(OC)cc1)N(C(=O)c1csnn1)C1CC1. The molecule has 1 aliphatic rings. The molecule has 1 aromatic carbocycles. The highest BCUT2D eigenvalue weighted by Gasteiger charge is 2.43. The molecule has 7 nitrogen and oxygen atoms in total. The van der Waals surface area contributed by atoms with Crippen LogP contribution in [0.15, 0.2) is 29.6 Å². The summed E-state index contributed by atoms with van der Waals surface area (Å²) in [4.78, 5) is 28.2. The van der Waals surface area contributed by atoms with E-state index in [0.29, 0.717) is 5.75 Å². The minimum Gasteiger partial charge on any atom is -0.497 e. The number of hydrogen-bond acceptors (Lipinski definition) is 6. The van der Waals surface area contributed by atoms with Crippen molar-refractivity contribution in [3.05, 3.63) is 40.9 Å². The first-order valence-corrected chi connectivity index (χ1v) is 10.3. The number of methoxy groups -OCH3 is 1. The maximum atomic E-state index is 13.4. The van der Waals surface area contributed by atoms with Gasteiger partial charge in [0, 0.05) is 17.0 Å². The Balaban J connectivity index is 2.00. The predicted octanol–water partition coefficient (Wildman–Crippen LogP) is 3.20. The number of nitrogens with zero attached hydrogens (tertiary/aromatic N) is 3. The van der Waals surface area contributed by atoms with Crippen molar-refractivity contribution in [2.75, 3.05) is 7.11 Å². The van der Waals surface area contributed by atoms with Crippen molar-refractivity contribution >= 4 is 23.3 Å². The van der Waals surface area contributed by atoms with Gasteiger partial charge in [0.05, 0.1) is 7.11 Å². The Labute approximate surface area is 169 Å². The Morgan fingerprint density at radius 3 is 2.50 bits per heavy atom. The zero-order valence-corrected chi connectivity index (χ0v) is 17.5. The molecule has 0 spiro atoms. The summed E-state index contributed by atoms with van der Waals surface area (Å²) in [6.07, 6.45) is 2.53. The minimum atomic E-state index is -0.738. The Hall–Kier alpha value is -2.48. The van der Waals surface area contributed by atoms with Gasteiger partial charge >= 0.3 is 0 Å². The van der Waals surface area contributed by atoms with E-state index in [4.69, 9.17) is 4.74 Å². The Bertz CT molecular complexity index is 816. The standard InChI is InChI=1S/C20H26N4O3S/c1-5-20(2,3)21-18(25)17(13-6-10-15(27-4)11-7-13)24(14-8-9-14)19(26)16-12-28-23-22-16/h6-7,10-12,14,17H,5,8-9H2,1-4H3,(H,21,25)/t17-/m0/s1. The summed E-state index contributed by atoms with van der Waals surface area (Å²) >= 11 is 1.13. The second-order valence-electron chi connectivity index (χ2n) is 7.64. The summed E-state index contributed by atoms with van der Waals surface area (Å²) in [5.41, 5.74) is 0.647. The molecule has 2 amide bonds. The van der Waals surface area contributed by atoms with Crippen molar-refractivity contribution in [2.24, 2.45) is 0 Å². The third kappa shape index (κ3) is 4.49. The van der Waals surface area contributed by atoms with Crippen LogP contribution in [0.5, 0.6) is 5.75 Å². The van der Waals surface area contributed by atoms with Crippen LogP contribution in [0.2, 0.25) is 0 Å². The van der Waals surface area contributed by atoms with Gasteiger partial charge < -0.3 is 15.0 Å². The lowest BCUT2D eigenvalue weighted by molar-refractivity contribution is -0.127. The van der Waals surface area contributed by atoms with Crippen LogP contribution < -0.4 is 10.1 Å². The van der Waals surface area contributed by atoms with Crippen LogP contribution in [0.3, 0.4) is 0 Å². The van der Waals surface area contributed by atoms with Crippen molar-refractivity contribution in [1.29, 1.82) is 0 Å². The molecule has 2 aromatic rings. The van der Waals surface area contributed by atoms with Crippen molar-refractivity contribution < 1.29 is 14.3 Å². The number of amides is 2. The molecule has 1 heterocycles. The fourth-order valence-corrected chi connectivity index (χ4v) is 3.38. The number of aromatic nitrogens is 2. The van der Waals surface area contributed by atoms with E-state index < -0.39 is 6.04 Å². The summed E-state index contributed by atoms with van der Waals surface area (Å²) in [5, 5.41) is 8.65. The van der Waals surface area contributed by atoms with Gasteiger partial charge in [-0.05, 0) is 62.3 Å².